The summed E-state index contributed by atoms with van der Waals surface area (Å²) >= 11 is 0. The molecule has 0 bridgehead atoms. The third kappa shape index (κ3) is 4.08. The van der Waals surface area contributed by atoms with E-state index in [4.69, 9.17) is 6.42 Å². The number of terminal acetylenes is 1. The van der Waals surface area contributed by atoms with Crippen LogP contribution in [0, 0.1) is 18.3 Å². The molecule has 2 aromatic rings. The van der Waals surface area contributed by atoms with Crippen molar-refractivity contribution in [2.45, 2.75) is 51.6 Å². The minimum atomic E-state index is -0.204. The van der Waals surface area contributed by atoms with E-state index in [9.17, 15) is 9.59 Å². The van der Waals surface area contributed by atoms with Crippen LogP contribution in [0.25, 0.3) is 10.8 Å². The summed E-state index contributed by atoms with van der Waals surface area (Å²) in [6, 6.07) is 7.29. The topological polar surface area (TPSA) is 64.0 Å². The van der Waals surface area contributed by atoms with Gasteiger partial charge in [-0.1, -0.05) is 49.8 Å². The highest BCUT2D eigenvalue weighted by Gasteiger charge is 2.16. The summed E-state index contributed by atoms with van der Waals surface area (Å²) in [6.45, 7) is 0.418. The van der Waals surface area contributed by atoms with Crippen LogP contribution in [0.4, 0.5) is 0 Å². The zero-order chi connectivity index (χ0) is 17.6. The molecule has 1 aromatic carbocycles. The fraction of sp³-hybridized carbons (Fsp3) is 0.450. The molecule has 1 aliphatic rings. The van der Waals surface area contributed by atoms with Crippen molar-refractivity contribution >= 4 is 16.7 Å². The van der Waals surface area contributed by atoms with E-state index in [0.29, 0.717) is 30.0 Å². The van der Waals surface area contributed by atoms with Gasteiger partial charge in [-0.3, -0.25) is 9.59 Å². The highest BCUT2D eigenvalue weighted by Crippen LogP contribution is 2.28. The molecule has 5 nitrogen and oxygen atoms in total. The molecular weight excluding hydrogens is 314 g/mol. The molecule has 1 N–H and O–H groups in total. The van der Waals surface area contributed by atoms with Crippen LogP contribution in [-0.4, -0.2) is 15.7 Å². The molecule has 5 heteroatoms. The lowest BCUT2D eigenvalue weighted by Gasteiger charge is -2.11. The van der Waals surface area contributed by atoms with E-state index in [1.165, 1.54) is 30.4 Å². The Morgan fingerprint density at radius 3 is 2.72 bits per heavy atom. The predicted molar refractivity (Wildman–Crippen MR) is 97.9 cm³/mol. The van der Waals surface area contributed by atoms with E-state index in [0.717, 1.165) is 11.8 Å². The van der Waals surface area contributed by atoms with Crippen molar-refractivity contribution in [3.05, 3.63) is 40.3 Å². The normalized spacial score (nSPS) is 14.5. The van der Waals surface area contributed by atoms with Gasteiger partial charge in [-0.25, -0.2) is 4.68 Å². The Morgan fingerprint density at radius 1 is 1.28 bits per heavy atom. The lowest BCUT2D eigenvalue weighted by atomic mass is 10.0. The van der Waals surface area contributed by atoms with Gasteiger partial charge >= 0.3 is 0 Å². The number of carbonyl (C=O) groups is 1. The Hall–Kier alpha value is -2.61. The molecule has 1 aliphatic carbocycles. The van der Waals surface area contributed by atoms with Crippen molar-refractivity contribution in [3.8, 4) is 12.3 Å². The fourth-order valence-electron chi connectivity index (χ4n) is 3.53. The van der Waals surface area contributed by atoms with E-state index in [1.807, 2.05) is 18.2 Å². The van der Waals surface area contributed by atoms with E-state index in [1.54, 1.807) is 6.07 Å². The first kappa shape index (κ1) is 17.2. The number of benzene rings is 1. The molecule has 3 rings (SSSR count). The molecule has 0 atom stereocenters. The number of rotatable bonds is 6. The highest BCUT2D eigenvalue weighted by atomic mass is 16.1. The van der Waals surface area contributed by atoms with E-state index in [2.05, 4.69) is 16.3 Å². The largest absolute Gasteiger partial charge is 0.350 e. The van der Waals surface area contributed by atoms with E-state index in [-0.39, 0.29) is 18.0 Å². The Morgan fingerprint density at radius 2 is 2.00 bits per heavy atom. The number of carbonyl (C=O) groups excluding carboxylic acids is 1. The predicted octanol–water partition coefficient (Wildman–Crippen LogP) is 2.62. The summed E-state index contributed by atoms with van der Waals surface area (Å²) in [5.74, 6) is 3.18. The number of nitrogens with zero attached hydrogens (tertiary/aromatic N) is 2. The molecule has 1 heterocycles. The second kappa shape index (κ2) is 7.98. The highest BCUT2D eigenvalue weighted by molar-refractivity contribution is 5.84. The summed E-state index contributed by atoms with van der Waals surface area (Å²) in [5.41, 5.74) is 0.463. The van der Waals surface area contributed by atoms with Gasteiger partial charge in [0.25, 0.3) is 5.56 Å². The SMILES string of the molecule is C#CCn1nc(CNC(=O)CCC2CCCC2)c2ccccc2c1=O. The van der Waals surface area contributed by atoms with Crippen molar-refractivity contribution in [3.63, 3.8) is 0 Å². The Kier molecular flexibility index (Phi) is 5.49. The Labute approximate surface area is 147 Å². The van der Waals surface area contributed by atoms with Gasteiger partial charge in [-0.15, -0.1) is 6.42 Å². The quantitative estimate of drug-likeness (QED) is 0.824. The van der Waals surface area contributed by atoms with Crippen molar-refractivity contribution in [2.24, 2.45) is 5.92 Å². The molecule has 1 fully saturated rings. The van der Waals surface area contributed by atoms with Crippen LogP contribution in [0.15, 0.2) is 29.1 Å². The number of aromatic nitrogens is 2. The second-order valence-corrected chi connectivity index (χ2v) is 6.63. The van der Waals surface area contributed by atoms with Crippen LogP contribution in [0.1, 0.15) is 44.2 Å². The van der Waals surface area contributed by atoms with Gasteiger partial charge in [0.2, 0.25) is 5.91 Å². The minimum absolute atomic E-state index is 0.0347. The molecular formula is C20H23N3O2. The molecule has 1 amide bonds. The van der Waals surface area contributed by atoms with Crippen molar-refractivity contribution in [1.82, 2.24) is 15.1 Å². The van der Waals surface area contributed by atoms with Crippen molar-refractivity contribution in [2.75, 3.05) is 0 Å². The third-order valence-electron chi connectivity index (χ3n) is 4.89. The van der Waals surface area contributed by atoms with Crippen LogP contribution >= 0.6 is 0 Å². The van der Waals surface area contributed by atoms with Gasteiger partial charge < -0.3 is 5.32 Å². The lowest BCUT2D eigenvalue weighted by molar-refractivity contribution is -0.121. The number of hydrogen-bond donors (Lipinski definition) is 1. The number of fused-ring (bicyclic) bond motifs is 1. The van der Waals surface area contributed by atoms with Gasteiger partial charge in [-0.05, 0) is 18.4 Å². The smallest absolute Gasteiger partial charge is 0.275 e. The summed E-state index contributed by atoms with van der Waals surface area (Å²) < 4.78 is 1.28. The molecule has 0 aliphatic heterocycles. The van der Waals surface area contributed by atoms with Crippen molar-refractivity contribution < 1.29 is 4.79 Å². The average molecular weight is 337 g/mol. The summed E-state index contributed by atoms with van der Waals surface area (Å²) in [6.07, 6.45) is 11.9. The van der Waals surface area contributed by atoms with Gasteiger partial charge in [0, 0.05) is 11.8 Å². The maximum Gasteiger partial charge on any atom is 0.275 e. The van der Waals surface area contributed by atoms with Gasteiger partial charge in [0.1, 0.15) is 6.54 Å². The third-order valence-corrected chi connectivity index (χ3v) is 4.89. The van der Waals surface area contributed by atoms with Gasteiger partial charge in [0.15, 0.2) is 0 Å². The maximum atomic E-state index is 12.4. The van der Waals surface area contributed by atoms with Gasteiger partial charge in [-0.2, -0.15) is 5.10 Å². The average Bonchev–Trinajstić information content (AvgIpc) is 3.15. The summed E-state index contributed by atoms with van der Waals surface area (Å²) in [5, 5.41) is 8.62. The first-order valence-electron chi connectivity index (χ1n) is 8.88. The molecule has 130 valence electrons. The maximum absolute atomic E-state index is 12.4. The monoisotopic (exact) mass is 337 g/mol. The molecule has 0 radical (unpaired) electrons. The van der Waals surface area contributed by atoms with Gasteiger partial charge in [0.05, 0.1) is 17.6 Å². The van der Waals surface area contributed by atoms with Crippen molar-refractivity contribution in [1.29, 1.82) is 0 Å². The summed E-state index contributed by atoms with van der Waals surface area (Å²) in [7, 11) is 0. The molecule has 0 saturated heterocycles. The second-order valence-electron chi connectivity index (χ2n) is 6.63. The van der Waals surface area contributed by atoms with E-state index >= 15 is 0 Å². The molecule has 25 heavy (non-hydrogen) atoms. The Bertz CT molecular complexity index is 857. The van der Waals surface area contributed by atoms with Crippen LogP contribution in [0.3, 0.4) is 0 Å². The first-order chi connectivity index (χ1) is 12.2. The number of nitrogens with one attached hydrogen (secondary N) is 1. The molecule has 1 aromatic heterocycles. The fourth-order valence-corrected chi connectivity index (χ4v) is 3.53. The molecule has 1 saturated carbocycles. The Balaban J connectivity index is 1.72. The minimum Gasteiger partial charge on any atom is -0.350 e. The standard InChI is InChI=1S/C20H23N3O2/c1-2-13-23-20(25)17-10-6-5-9-16(17)18(22-23)14-21-19(24)12-11-15-7-3-4-8-15/h1,5-6,9-10,15H,3-4,7-8,11-14H2,(H,21,24). The van der Waals surface area contributed by atoms with Crippen LogP contribution in [0.5, 0.6) is 0 Å². The molecule has 0 unspecified atom stereocenters. The zero-order valence-electron chi connectivity index (χ0n) is 14.3. The van der Waals surface area contributed by atoms with E-state index < -0.39 is 0 Å². The number of hydrogen-bond acceptors (Lipinski definition) is 3. The van der Waals surface area contributed by atoms with Crippen LogP contribution in [0.2, 0.25) is 0 Å². The number of amides is 1. The summed E-state index contributed by atoms with van der Waals surface area (Å²) in [4.78, 5) is 24.5. The first-order valence-corrected chi connectivity index (χ1v) is 8.88. The van der Waals surface area contributed by atoms with Crippen LogP contribution in [-0.2, 0) is 17.9 Å². The zero-order valence-corrected chi connectivity index (χ0v) is 14.3. The van der Waals surface area contributed by atoms with Crippen LogP contribution < -0.4 is 10.9 Å². The lowest BCUT2D eigenvalue weighted by Crippen LogP contribution is -2.28. The molecule has 0 spiro atoms.